The van der Waals surface area contributed by atoms with Gasteiger partial charge in [-0.2, -0.15) is 0 Å². The lowest BCUT2D eigenvalue weighted by molar-refractivity contribution is -0.125. The van der Waals surface area contributed by atoms with E-state index in [-0.39, 0.29) is 23.3 Å². The monoisotopic (exact) mass is 275 g/mol. The molecule has 1 aromatic carbocycles. The summed E-state index contributed by atoms with van der Waals surface area (Å²) in [4.78, 5) is 12.3. The van der Waals surface area contributed by atoms with E-state index < -0.39 is 0 Å². The van der Waals surface area contributed by atoms with E-state index in [1.54, 1.807) is 0 Å². The van der Waals surface area contributed by atoms with Gasteiger partial charge in [-0.05, 0) is 23.8 Å². The Morgan fingerprint density at radius 3 is 2.60 bits per heavy atom. The van der Waals surface area contributed by atoms with Gasteiger partial charge in [0.2, 0.25) is 5.91 Å². The maximum Gasteiger partial charge on any atom is 0.226 e. The molecule has 0 aliphatic carbocycles. The van der Waals surface area contributed by atoms with Crippen LogP contribution in [-0.4, -0.2) is 19.1 Å². The molecule has 1 aliphatic rings. The lowest BCUT2D eigenvalue weighted by Crippen LogP contribution is -2.36. The number of rotatable bonds is 4. The minimum absolute atomic E-state index is 0.0150. The quantitative estimate of drug-likeness (QED) is 0.915. The Balaban J connectivity index is 2.08. The standard InChI is InChI=1S/C17H25NO2/c1-17(2,3)11-15(13-7-5-4-6-8-13)18-16(19)14-9-10-20-12-14/h4-8,14-15H,9-12H2,1-3H3,(H,18,19). The molecule has 1 N–H and O–H groups in total. The molecular weight excluding hydrogens is 250 g/mol. The third kappa shape index (κ3) is 4.34. The first kappa shape index (κ1) is 15.0. The molecule has 3 heteroatoms. The van der Waals surface area contributed by atoms with Crippen molar-refractivity contribution in [3.05, 3.63) is 35.9 Å². The third-order valence-corrected chi connectivity index (χ3v) is 3.64. The average Bonchev–Trinajstić information content (AvgIpc) is 2.91. The van der Waals surface area contributed by atoms with Crippen LogP contribution in [0.1, 0.15) is 45.2 Å². The molecule has 0 bridgehead atoms. The van der Waals surface area contributed by atoms with Crippen molar-refractivity contribution in [3.8, 4) is 0 Å². The van der Waals surface area contributed by atoms with Crippen LogP contribution in [0.25, 0.3) is 0 Å². The average molecular weight is 275 g/mol. The van der Waals surface area contributed by atoms with E-state index in [0.29, 0.717) is 13.2 Å². The number of nitrogens with one attached hydrogen (secondary N) is 1. The van der Waals surface area contributed by atoms with Gasteiger partial charge in [0.15, 0.2) is 0 Å². The summed E-state index contributed by atoms with van der Waals surface area (Å²) < 4.78 is 5.31. The Bertz CT molecular complexity index is 430. The fourth-order valence-electron chi connectivity index (χ4n) is 2.58. The Hall–Kier alpha value is -1.35. The molecule has 0 saturated carbocycles. The highest BCUT2D eigenvalue weighted by Gasteiger charge is 2.27. The number of carbonyl (C=O) groups excluding carboxylic acids is 1. The van der Waals surface area contributed by atoms with Crippen molar-refractivity contribution in [1.29, 1.82) is 0 Å². The van der Waals surface area contributed by atoms with E-state index in [4.69, 9.17) is 4.74 Å². The maximum atomic E-state index is 12.3. The largest absolute Gasteiger partial charge is 0.381 e. The van der Waals surface area contributed by atoms with E-state index >= 15 is 0 Å². The minimum Gasteiger partial charge on any atom is -0.381 e. The lowest BCUT2D eigenvalue weighted by atomic mass is 9.85. The number of carbonyl (C=O) groups is 1. The van der Waals surface area contributed by atoms with Crippen LogP contribution in [0.15, 0.2) is 30.3 Å². The molecule has 0 spiro atoms. The fraction of sp³-hybridized carbons (Fsp3) is 0.588. The van der Waals surface area contributed by atoms with Crippen molar-refractivity contribution in [2.24, 2.45) is 11.3 Å². The van der Waals surface area contributed by atoms with Crippen molar-refractivity contribution in [2.45, 2.75) is 39.7 Å². The molecule has 2 atom stereocenters. The molecule has 1 aromatic rings. The van der Waals surface area contributed by atoms with Gasteiger partial charge in [0, 0.05) is 6.61 Å². The Labute approximate surface area is 121 Å². The van der Waals surface area contributed by atoms with Crippen molar-refractivity contribution in [2.75, 3.05) is 13.2 Å². The van der Waals surface area contributed by atoms with Gasteiger partial charge in [0.05, 0.1) is 18.6 Å². The summed E-state index contributed by atoms with van der Waals surface area (Å²) in [5.74, 6) is 0.141. The molecule has 1 amide bonds. The van der Waals surface area contributed by atoms with E-state index in [1.807, 2.05) is 18.2 Å². The minimum atomic E-state index is 0.0150. The van der Waals surface area contributed by atoms with Crippen LogP contribution in [0.2, 0.25) is 0 Å². The summed E-state index contributed by atoms with van der Waals surface area (Å²) >= 11 is 0. The summed E-state index contributed by atoms with van der Waals surface area (Å²) in [5.41, 5.74) is 1.34. The van der Waals surface area contributed by atoms with Gasteiger partial charge in [-0.1, -0.05) is 51.1 Å². The molecule has 1 aliphatic heterocycles. The molecule has 20 heavy (non-hydrogen) atoms. The van der Waals surface area contributed by atoms with Crippen LogP contribution in [0.4, 0.5) is 0 Å². The molecule has 2 rings (SSSR count). The molecule has 1 fully saturated rings. The first-order chi connectivity index (χ1) is 9.46. The molecule has 0 aromatic heterocycles. The van der Waals surface area contributed by atoms with Crippen molar-refractivity contribution in [3.63, 3.8) is 0 Å². The predicted molar refractivity (Wildman–Crippen MR) is 80.3 cm³/mol. The SMILES string of the molecule is CC(C)(C)CC(NC(=O)C1CCOC1)c1ccccc1. The van der Waals surface area contributed by atoms with E-state index in [0.717, 1.165) is 12.8 Å². The molecule has 110 valence electrons. The normalized spacial score (nSPS) is 20.6. The van der Waals surface area contributed by atoms with E-state index in [9.17, 15) is 4.79 Å². The van der Waals surface area contributed by atoms with E-state index in [2.05, 4.69) is 38.2 Å². The summed E-state index contributed by atoms with van der Waals surface area (Å²) in [5, 5.41) is 3.21. The third-order valence-electron chi connectivity index (χ3n) is 3.64. The smallest absolute Gasteiger partial charge is 0.226 e. The molecule has 3 nitrogen and oxygen atoms in total. The molecule has 1 heterocycles. The zero-order valence-corrected chi connectivity index (χ0v) is 12.7. The van der Waals surface area contributed by atoms with Gasteiger partial charge < -0.3 is 10.1 Å². The maximum absolute atomic E-state index is 12.3. The first-order valence-corrected chi connectivity index (χ1v) is 7.39. The lowest BCUT2D eigenvalue weighted by Gasteiger charge is -2.28. The predicted octanol–water partition coefficient (Wildman–Crippen LogP) is 3.32. The summed E-state index contributed by atoms with van der Waals surface area (Å²) in [7, 11) is 0. The second-order valence-corrected chi connectivity index (χ2v) is 6.80. The number of ether oxygens (including phenoxy) is 1. The highest BCUT2D eigenvalue weighted by molar-refractivity contribution is 5.79. The van der Waals surface area contributed by atoms with Gasteiger partial charge in [0.25, 0.3) is 0 Å². The summed E-state index contributed by atoms with van der Waals surface area (Å²) in [6.07, 6.45) is 1.76. The summed E-state index contributed by atoms with van der Waals surface area (Å²) in [6, 6.07) is 10.3. The Kier molecular flexibility index (Phi) is 4.81. The van der Waals surface area contributed by atoms with Gasteiger partial charge in [0.1, 0.15) is 0 Å². The van der Waals surface area contributed by atoms with Crippen molar-refractivity contribution >= 4 is 5.91 Å². The second kappa shape index (κ2) is 6.40. The van der Waals surface area contributed by atoms with Crippen LogP contribution in [0.3, 0.4) is 0 Å². The Morgan fingerprint density at radius 2 is 2.05 bits per heavy atom. The number of hydrogen-bond donors (Lipinski definition) is 1. The zero-order valence-electron chi connectivity index (χ0n) is 12.7. The van der Waals surface area contributed by atoms with Gasteiger partial charge >= 0.3 is 0 Å². The number of amides is 1. The van der Waals surface area contributed by atoms with Crippen molar-refractivity contribution < 1.29 is 9.53 Å². The second-order valence-electron chi connectivity index (χ2n) is 6.80. The highest BCUT2D eigenvalue weighted by Crippen LogP contribution is 2.30. The highest BCUT2D eigenvalue weighted by atomic mass is 16.5. The van der Waals surface area contributed by atoms with Gasteiger partial charge in [-0.15, -0.1) is 0 Å². The number of hydrogen-bond acceptors (Lipinski definition) is 2. The van der Waals surface area contributed by atoms with Crippen LogP contribution >= 0.6 is 0 Å². The Morgan fingerprint density at radius 1 is 1.35 bits per heavy atom. The number of benzene rings is 1. The van der Waals surface area contributed by atoms with Crippen LogP contribution in [-0.2, 0) is 9.53 Å². The molecule has 2 unspecified atom stereocenters. The van der Waals surface area contributed by atoms with Gasteiger partial charge in [-0.3, -0.25) is 4.79 Å². The zero-order chi connectivity index (χ0) is 14.6. The first-order valence-electron chi connectivity index (χ1n) is 7.39. The van der Waals surface area contributed by atoms with Crippen LogP contribution in [0, 0.1) is 11.3 Å². The topological polar surface area (TPSA) is 38.3 Å². The van der Waals surface area contributed by atoms with Gasteiger partial charge in [-0.25, -0.2) is 0 Å². The fourth-order valence-corrected chi connectivity index (χ4v) is 2.58. The van der Waals surface area contributed by atoms with Crippen molar-refractivity contribution in [1.82, 2.24) is 5.32 Å². The molecule has 0 radical (unpaired) electrons. The van der Waals surface area contributed by atoms with Crippen LogP contribution in [0.5, 0.6) is 0 Å². The van der Waals surface area contributed by atoms with E-state index in [1.165, 1.54) is 5.56 Å². The molecule has 1 saturated heterocycles. The van der Waals surface area contributed by atoms with Crippen LogP contribution < -0.4 is 5.32 Å². The summed E-state index contributed by atoms with van der Waals surface area (Å²) in [6.45, 7) is 7.87. The molecular formula is C17H25NO2.